The zero-order valence-corrected chi connectivity index (χ0v) is 32.0. The molecule has 288 valence electrons. The van der Waals surface area contributed by atoms with Crippen LogP contribution in [-0.4, -0.2) is 41.1 Å². The Kier molecular flexibility index (Phi) is 9.69. The maximum Gasteiger partial charge on any atom is 0.416 e. The van der Waals surface area contributed by atoms with E-state index < -0.39 is 23.3 Å². The molecular formula is C42H25F3N10O2S2. The minimum absolute atomic E-state index is 0.0882. The fourth-order valence-electron chi connectivity index (χ4n) is 6.17. The van der Waals surface area contributed by atoms with Crippen LogP contribution in [0, 0.1) is 29.6 Å². The first-order chi connectivity index (χ1) is 28.4. The van der Waals surface area contributed by atoms with Crippen LogP contribution in [0.3, 0.4) is 0 Å². The van der Waals surface area contributed by atoms with Gasteiger partial charge in [0.15, 0.2) is 11.4 Å². The number of hydrogen-bond acceptors (Lipinski definition) is 12. The number of rotatable bonds is 9. The van der Waals surface area contributed by atoms with Crippen LogP contribution in [-0.2, 0) is 6.18 Å². The van der Waals surface area contributed by atoms with Crippen molar-refractivity contribution in [2.45, 2.75) is 13.1 Å². The van der Waals surface area contributed by atoms with E-state index in [0.29, 0.717) is 37.8 Å². The number of carbonyl (C=O) groups is 2. The first-order valence-corrected chi connectivity index (χ1v) is 19.0. The summed E-state index contributed by atoms with van der Waals surface area (Å²) in [7, 11) is 0. The van der Waals surface area contributed by atoms with Gasteiger partial charge in [-0.3, -0.25) is 9.59 Å². The summed E-state index contributed by atoms with van der Waals surface area (Å²) >= 11 is 2.29. The minimum atomic E-state index is -4.61. The Morgan fingerprint density at radius 3 is 1.39 bits per heavy atom. The highest BCUT2D eigenvalue weighted by atomic mass is 32.1. The van der Waals surface area contributed by atoms with Gasteiger partial charge in [-0.05, 0) is 19.1 Å². The predicted molar refractivity (Wildman–Crippen MR) is 216 cm³/mol. The number of aryl methyl sites for hydroxylation is 1. The molecule has 0 spiro atoms. The van der Waals surface area contributed by atoms with E-state index in [9.17, 15) is 33.3 Å². The van der Waals surface area contributed by atoms with Gasteiger partial charge >= 0.3 is 6.18 Å². The number of benzene rings is 4. The van der Waals surface area contributed by atoms with E-state index in [-0.39, 0.29) is 50.0 Å². The Bertz CT molecular complexity index is 3010. The minimum Gasteiger partial charge on any atom is -0.382 e. The molecule has 0 bridgehead atoms. The molecule has 4 aromatic carbocycles. The van der Waals surface area contributed by atoms with E-state index in [4.69, 9.17) is 21.4 Å². The molecule has 0 saturated carbocycles. The molecule has 59 heavy (non-hydrogen) atoms. The van der Waals surface area contributed by atoms with Crippen LogP contribution in [0.5, 0.6) is 0 Å². The standard InChI is InChI=1S/C42H25F3N10O2S2/c1-22-12-14-25(15-13-22)34(56)32-28(20-46)38(48)54(52-32)40-50-30(23-8-4-2-5-9-23)36(58-40)37-31(24-10-6-3-7-11-24)51-41(59-37)55-39(49)29(21-47)33(53-55)35(57)26-16-18-27(19-17-26)42(43,44)45/h2-19H,48-49H2,1H3. The van der Waals surface area contributed by atoms with Gasteiger partial charge in [-0.15, -0.1) is 0 Å². The smallest absolute Gasteiger partial charge is 0.382 e. The number of halogens is 3. The highest BCUT2D eigenvalue weighted by Crippen LogP contribution is 2.47. The van der Waals surface area contributed by atoms with Gasteiger partial charge in [0.05, 0.1) is 26.7 Å². The molecule has 0 unspecified atom stereocenters. The normalized spacial score (nSPS) is 11.3. The average molecular weight is 823 g/mol. The third-order valence-electron chi connectivity index (χ3n) is 9.18. The Morgan fingerprint density at radius 1 is 0.627 bits per heavy atom. The number of nitrogens with two attached hydrogens (primary N) is 2. The molecule has 8 rings (SSSR count). The van der Waals surface area contributed by atoms with Crippen molar-refractivity contribution in [1.82, 2.24) is 29.5 Å². The second kappa shape index (κ2) is 15.0. The van der Waals surface area contributed by atoms with Crippen molar-refractivity contribution in [2.24, 2.45) is 0 Å². The van der Waals surface area contributed by atoms with Gasteiger partial charge in [0.2, 0.25) is 21.8 Å². The molecule has 0 saturated heterocycles. The van der Waals surface area contributed by atoms with E-state index >= 15 is 0 Å². The summed E-state index contributed by atoms with van der Waals surface area (Å²) in [6.07, 6.45) is -4.61. The summed E-state index contributed by atoms with van der Waals surface area (Å²) in [6, 6.07) is 32.8. The van der Waals surface area contributed by atoms with Gasteiger partial charge in [-0.2, -0.15) is 43.3 Å². The number of hydrogen-bond donors (Lipinski definition) is 2. The van der Waals surface area contributed by atoms with Gasteiger partial charge in [-0.1, -0.05) is 125 Å². The van der Waals surface area contributed by atoms with Crippen LogP contribution in [0.2, 0.25) is 0 Å². The summed E-state index contributed by atoms with van der Waals surface area (Å²) in [5.74, 6) is -1.60. The summed E-state index contributed by atoms with van der Waals surface area (Å²) < 4.78 is 42.1. The van der Waals surface area contributed by atoms with Crippen LogP contribution >= 0.6 is 22.7 Å². The van der Waals surface area contributed by atoms with Crippen LogP contribution in [0.25, 0.3) is 42.5 Å². The van der Waals surface area contributed by atoms with Gasteiger partial charge in [0.25, 0.3) is 0 Å². The second-order valence-electron chi connectivity index (χ2n) is 12.9. The van der Waals surface area contributed by atoms with Crippen molar-refractivity contribution in [2.75, 3.05) is 11.5 Å². The second-order valence-corrected chi connectivity index (χ2v) is 14.9. The van der Waals surface area contributed by atoms with Gasteiger partial charge in [-0.25, -0.2) is 9.97 Å². The fourth-order valence-corrected chi connectivity index (χ4v) is 8.41. The molecule has 4 heterocycles. The maximum atomic E-state index is 13.6. The summed E-state index contributed by atoms with van der Waals surface area (Å²) in [4.78, 5) is 38.3. The Balaban J connectivity index is 1.29. The SMILES string of the molecule is Cc1ccc(C(=O)c2nn(-c3nc(-c4ccccc4)c(-c4sc(-n5nc(C(=O)c6ccc(C(F)(F)F)cc6)c(C#N)c5N)nc4-c4ccccc4)s3)c(N)c2C#N)cc1. The number of nitrogens with zero attached hydrogens (tertiary/aromatic N) is 8. The zero-order chi connectivity index (χ0) is 41.6. The number of aromatic nitrogens is 6. The Morgan fingerprint density at radius 2 is 1.02 bits per heavy atom. The lowest BCUT2D eigenvalue weighted by Gasteiger charge is -2.06. The monoisotopic (exact) mass is 822 g/mol. The summed E-state index contributed by atoms with van der Waals surface area (Å²) in [5, 5.41) is 29.5. The van der Waals surface area contributed by atoms with Crippen molar-refractivity contribution < 1.29 is 22.8 Å². The highest BCUT2D eigenvalue weighted by Gasteiger charge is 2.32. The average Bonchev–Trinajstić information content (AvgIpc) is 4.03. The van der Waals surface area contributed by atoms with Crippen LogP contribution in [0.15, 0.2) is 109 Å². The van der Waals surface area contributed by atoms with Crippen LogP contribution in [0.4, 0.5) is 24.8 Å². The quantitative estimate of drug-likeness (QED) is 0.133. The van der Waals surface area contributed by atoms with Gasteiger partial charge in [0.1, 0.15) is 34.9 Å². The van der Waals surface area contributed by atoms with Crippen molar-refractivity contribution in [1.29, 1.82) is 10.5 Å². The molecule has 4 N–H and O–H groups in total. The molecule has 0 amide bonds. The molecule has 0 aliphatic carbocycles. The Hall–Kier alpha value is -7.73. The number of anilines is 2. The number of alkyl halides is 3. The first-order valence-electron chi connectivity index (χ1n) is 17.4. The molecule has 12 nitrogen and oxygen atoms in total. The van der Waals surface area contributed by atoms with E-state index in [0.717, 1.165) is 45.8 Å². The van der Waals surface area contributed by atoms with Crippen LogP contribution < -0.4 is 11.5 Å². The summed E-state index contributed by atoms with van der Waals surface area (Å²) in [5.41, 5.74) is 14.6. The molecule has 0 aliphatic rings. The molecule has 0 atom stereocenters. The number of nitriles is 2. The highest BCUT2D eigenvalue weighted by molar-refractivity contribution is 7.24. The fraction of sp³-hybridized carbons (Fsp3) is 0.0476. The molecular weight excluding hydrogens is 798 g/mol. The maximum absolute atomic E-state index is 13.6. The predicted octanol–water partition coefficient (Wildman–Crippen LogP) is 8.67. The zero-order valence-electron chi connectivity index (χ0n) is 30.4. The van der Waals surface area contributed by atoms with Crippen molar-refractivity contribution >= 4 is 45.9 Å². The molecule has 0 radical (unpaired) electrons. The lowest BCUT2D eigenvalue weighted by molar-refractivity contribution is -0.137. The van der Waals surface area contributed by atoms with Crippen molar-refractivity contribution in [3.05, 3.63) is 154 Å². The number of nitrogen functional groups attached to an aromatic ring is 2. The summed E-state index contributed by atoms with van der Waals surface area (Å²) in [6.45, 7) is 1.89. The molecule has 0 aliphatic heterocycles. The third kappa shape index (κ3) is 6.90. The van der Waals surface area contributed by atoms with E-state index in [1.807, 2.05) is 79.7 Å². The lowest BCUT2D eigenvalue weighted by Crippen LogP contribution is -2.08. The van der Waals surface area contributed by atoms with E-state index in [1.54, 1.807) is 24.3 Å². The number of ketones is 2. The van der Waals surface area contributed by atoms with E-state index in [2.05, 4.69) is 10.2 Å². The van der Waals surface area contributed by atoms with Gasteiger partial charge in [0, 0.05) is 22.3 Å². The van der Waals surface area contributed by atoms with Crippen LogP contribution in [0.1, 0.15) is 54.4 Å². The Labute approximate surface area is 340 Å². The number of thiazole rings is 2. The molecule has 8 aromatic rings. The molecule has 0 fully saturated rings. The molecule has 17 heteroatoms. The topological polar surface area (TPSA) is 195 Å². The first kappa shape index (κ1) is 38.2. The molecule has 4 aromatic heterocycles. The van der Waals surface area contributed by atoms with Gasteiger partial charge < -0.3 is 11.5 Å². The third-order valence-corrected chi connectivity index (χ3v) is 11.4. The lowest BCUT2D eigenvalue weighted by atomic mass is 10.0. The van der Waals surface area contributed by atoms with E-state index in [1.165, 1.54) is 16.0 Å². The largest absolute Gasteiger partial charge is 0.416 e. The number of carbonyl (C=O) groups excluding carboxylic acids is 2. The van der Waals surface area contributed by atoms with Crippen molar-refractivity contribution in [3.8, 4) is 54.7 Å². The van der Waals surface area contributed by atoms with Crippen molar-refractivity contribution in [3.63, 3.8) is 0 Å².